The Morgan fingerprint density at radius 1 is 0.417 bits per heavy atom. The first kappa shape index (κ1) is 39.7. The molecule has 274 valence electrons. The van der Waals surface area contributed by atoms with Crippen LogP contribution >= 0.6 is 0 Å². The lowest BCUT2D eigenvalue weighted by atomic mass is 9.84. The van der Waals surface area contributed by atoms with Gasteiger partial charge in [0.1, 0.15) is 18.1 Å². The van der Waals surface area contributed by atoms with E-state index in [1.165, 1.54) is 9.80 Å². The normalized spacial score (nSPS) is 20.5. The smallest absolute Gasteiger partial charge is 0.320 e. The van der Waals surface area contributed by atoms with Crippen LogP contribution < -0.4 is 0 Å². The van der Waals surface area contributed by atoms with Crippen molar-refractivity contribution in [1.82, 2.24) is 14.7 Å². The molecule has 0 saturated heterocycles. The molecule has 0 aromatic rings. The van der Waals surface area contributed by atoms with Gasteiger partial charge in [-0.15, -0.1) is 0 Å². The van der Waals surface area contributed by atoms with E-state index in [0.717, 1.165) is 96.3 Å². The van der Waals surface area contributed by atoms with Crippen LogP contribution in [0.1, 0.15) is 116 Å². The Hall–Kier alpha value is -2.77. The fourth-order valence-corrected chi connectivity index (χ4v) is 8.41. The summed E-state index contributed by atoms with van der Waals surface area (Å²) in [6, 6.07) is -3.04. The van der Waals surface area contributed by atoms with Gasteiger partial charge in [0.15, 0.2) is 0 Å². The lowest BCUT2D eigenvalue weighted by Crippen LogP contribution is -2.54. The summed E-state index contributed by atoms with van der Waals surface area (Å²) in [5.41, 5.74) is 0. The van der Waals surface area contributed by atoms with Gasteiger partial charge in [-0.05, 0) is 37.0 Å². The molecule has 0 radical (unpaired) electrons. The molecule has 0 aromatic heterocycles. The van der Waals surface area contributed by atoms with E-state index >= 15 is 0 Å². The fraction of sp³-hybridized carbons (Fsp3) is 0.857. The highest BCUT2D eigenvalue weighted by atomic mass is 16.4. The lowest BCUT2D eigenvalue weighted by Gasteiger charge is -2.38. The zero-order valence-electron chi connectivity index (χ0n) is 28.6. The van der Waals surface area contributed by atoms with Crippen molar-refractivity contribution in [1.29, 1.82) is 0 Å². The topological polar surface area (TPSA) is 196 Å². The van der Waals surface area contributed by atoms with E-state index in [4.69, 9.17) is 0 Å². The van der Waals surface area contributed by atoms with Gasteiger partial charge in [0, 0.05) is 26.2 Å². The van der Waals surface area contributed by atoms with Gasteiger partial charge < -0.3 is 25.5 Å². The summed E-state index contributed by atoms with van der Waals surface area (Å²) in [5.74, 6) is -5.08. The number of rotatable bonds is 22. The predicted octanol–water partition coefficient (Wildman–Crippen LogP) is 4.33. The van der Waals surface area contributed by atoms with E-state index in [2.05, 4.69) is 0 Å². The molecule has 3 saturated carbocycles. The van der Waals surface area contributed by atoms with Crippen molar-refractivity contribution in [3.05, 3.63) is 0 Å². The van der Waals surface area contributed by atoms with Gasteiger partial charge in [-0.3, -0.25) is 38.7 Å². The summed E-state index contributed by atoms with van der Waals surface area (Å²) in [7, 11) is 0. The highest BCUT2D eigenvalue weighted by molar-refractivity contribution is 5.76. The third-order valence-electron chi connectivity index (χ3n) is 11.0. The van der Waals surface area contributed by atoms with E-state index in [0.29, 0.717) is 19.3 Å². The molecule has 0 aliphatic heterocycles. The number of nitrogens with zero attached hydrogens (tertiary/aromatic N) is 3. The van der Waals surface area contributed by atoms with Crippen molar-refractivity contribution in [2.75, 3.05) is 39.3 Å². The first-order valence-corrected chi connectivity index (χ1v) is 18.3. The van der Waals surface area contributed by atoms with Gasteiger partial charge >= 0.3 is 29.8 Å². The first-order chi connectivity index (χ1) is 22.9. The zero-order chi connectivity index (χ0) is 35.1. The third-order valence-corrected chi connectivity index (χ3v) is 11.0. The van der Waals surface area contributed by atoms with Crippen molar-refractivity contribution in [2.24, 2.45) is 17.8 Å². The largest absolute Gasteiger partial charge is 0.480 e. The first-order valence-electron chi connectivity index (χ1n) is 18.3. The van der Waals surface area contributed by atoms with Crippen LogP contribution in [-0.2, 0) is 24.0 Å². The van der Waals surface area contributed by atoms with Crippen LogP contribution in [0, 0.1) is 17.8 Å². The van der Waals surface area contributed by atoms with Gasteiger partial charge in [0.2, 0.25) is 0 Å². The van der Waals surface area contributed by atoms with Crippen molar-refractivity contribution in [2.45, 2.75) is 134 Å². The molecule has 13 nitrogen and oxygen atoms in total. The van der Waals surface area contributed by atoms with Crippen LogP contribution in [0.2, 0.25) is 0 Å². The molecule has 0 unspecified atom stereocenters. The summed E-state index contributed by atoms with van der Waals surface area (Å²) < 4.78 is 0. The standard InChI is InChI=1S/C35H59N3O10/c39-31(40)23-37(29(34(45)46)21-26-12-6-2-7-13-26)18-16-36(28(33(43)44)20-25-10-4-1-5-11-25)17-19-38(24-32(41)42)30(35(47)48)22-27-14-8-3-9-15-27/h25-30H,1-24H2,(H,39,40)(H,41,42)(H,43,44)(H,45,46)(H,47,48)/t28-,29-,30-/m0/s1. The lowest BCUT2D eigenvalue weighted by molar-refractivity contribution is -0.149. The Morgan fingerprint density at radius 3 is 0.917 bits per heavy atom. The summed E-state index contributed by atoms with van der Waals surface area (Å²) >= 11 is 0. The van der Waals surface area contributed by atoms with E-state index in [1.54, 1.807) is 4.90 Å². The maximum absolute atomic E-state index is 12.8. The SMILES string of the molecule is O=C(O)CN(CCN(CCN(CC(=O)O)[C@@H](CC1CCCCC1)C(=O)O)[C@@H](CC1CCCCC1)C(=O)O)[C@@H](CC1CCCCC1)C(=O)O. The van der Waals surface area contributed by atoms with Gasteiger partial charge in [-0.25, -0.2) is 0 Å². The molecule has 0 heterocycles. The van der Waals surface area contributed by atoms with Crippen LogP contribution in [0.15, 0.2) is 0 Å². The summed E-state index contributed by atoms with van der Waals surface area (Å²) in [6.45, 7) is -0.933. The molecule has 0 aromatic carbocycles. The zero-order valence-corrected chi connectivity index (χ0v) is 28.6. The van der Waals surface area contributed by atoms with Crippen molar-refractivity contribution >= 4 is 29.8 Å². The average Bonchev–Trinajstić information content (AvgIpc) is 3.05. The van der Waals surface area contributed by atoms with E-state index < -0.39 is 61.1 Å². The van der Waals surface area contributed by atoms with Crippen molar-refractivity contribution in [3.63, 3.8) is 0 Å². The molecule has 3 fully saturated rings. The Morgan fingerprint density at radius 2 is 0.667 bits per heavy atom. The third kappa shape index (κ3) is 13.6. The Bertz CT molecular complexity index is 978. The van der Waals surface area contributed by atoms with Gasteiger partial charge in [-0.1, -0.05) is 96.3 Å². The van der Waals surface area contributed by atoms with Gasteiger partial charge in [-0.2, -0.15) is 0 Å². The minimum Gasteiger partial charge on any atom is -0.480 e. The number of hydrogen-bond acceptors (Lipinski definition) is 8. The van der Waals surface area contributed by atoms with Crippen LogP contribution in [0.4, 0.5) is 0 Å². The molecule has 0 spiro atoms. The quantitative estimate of drug-likeness (QED) is 0.108. The van der Waals surface area contributed by atoms with Crippen molar-refractivity contribution in [3.8, 4) is 0 Å². The summed E-state index contributed by atoms with van der Waals surface area (Å²) in [6.07, 6.45) is 15.7. The molecule has 0 amide bonds. The van der Waals surface area contributed by atoms with E-state index in [1.807, 2.05) is 0 Å². The number of carboxylic acid groups (broad SMARTS) is 5. The van der Waals surface area contributed by atoms with Gasteiger partial charge in [0.25, 0.3) is 0 Å². The second-order valence-corrected chi connectivity index (χ2v) is 14.5. The molecule has 3 atom stereocenters. The van der Waals surface area contributed by atoms with Crippen LogP contribution in [-0.4, -0.2) is 127 Å². The Kier molecular flexibility index (Phi) is 17.1. The van der Waals surface area contributed by atoms with E-state index in [-0.39, 0.29) is 43.9 Å². The number of hydrogen-bond donors (Lipinski definition) is 5. The highest BCUT2D eigenvalue weighted by Gasteiger charge is 2.36. The highest BCUT2D eigenvalue weighted by Crippen LogP contribution is 2.31. The number of aliphatic carboxylic acids is 5. The maximum atomic E-state index is 12.8. The molecule has 3 aliphatic carbocycles. The Balaban J connectivity index is 1.85. The second kappa shape index (κ2) is 20.7. The van der Waals surface area contributed by atoms with Crippen LogP contribution in [0.25, 0.3) is 0 Å². The molecule has 48 heavy (non-hydrogen) atoms. The Labute approximate surface area is 284 Å². The fourth-order valence-electron chi connectivity index (χ4n) is 8.41. The molecular formula is C35H59N3O10. The molecule has 3 rings (SSSR count). The van der Waals surface area contributed by atoms with E-state index in [9.17, 15) is 49.5 Å². The summed E-state index contributed by atoms with van der Waals surface area (Å²) in [5, 5.41) is 50.4. The van der Waals surface area contributed by atoms with Gasteiger partial charge in [0.05, 0.1) is 13.1 Å². The van der Waals surface area contributed by atoms with Crippen LogP contribution in [0.5, 0.6) is 0 Å². The summed E-state index contributed by atoms with van der Waals surface area (Å²) in [4.78, 5) is 66.2. The minimum absolute atomic E-state index is 0.00615. The predicted molar refractivity (Wildman–Crippen MR) is 178 cm³/mol. The molecule has 13 heteroatoms. The number of carbonyl (C=O) groups is 5. The van der Waals surface area contributed by atoms with Crippen molar-refractivity contribution < 1.29 is 49.5 Å². The molecule has 3 aliphatic rings. The maximum Gasteiger partial charge on any atom is 0.320 e. The average molecular weight is 682 g/mol. The monoisotopic (exact) mass is 681 g/mol. The number of carboxylic acids is 5. The second-order valence-electron chi connectivity index (χ2n) is 14.5. The molecule has 0 bridgehead atoms. The van der Waals surface area contributed by atoms with Crippen LogP contribution in [0.3, 0.4) is 0 Å². The minimum atomic E-state index is -1.17. The molecule has 5 N–H and O–H groups in total. The molecular weight excluding hydrogens is 622 g/mol.